The van der Waals surface area contributed by atoms with Crippen LogP contribution in [0.3, 0.4) is 0 Å². The fraction of sp³-hybridized carbons (Fsp3) is 0.100. The van der Waals surface area contributed by atoms with E-state index in [0.29, 0.717) is 5.02 Å². The number of halogens is 2. The van der Waals surface area contributed by atoms with Gasteiger partial charge in [0, 0.05) is 5.02 Å². The summed E-state index contributed by atoms with van der Waals surface area (Å²) < 4.78 is 6.03. The number of rotatable bonds is 2. The number of hydrogen-bond acceptors (Lipinski definition) is 4. The minimum absolute atomic E-state index is 0.236. The first-order valence-corrected chi connectivity index (χ1v) is 5.50. The van der Waals surface area contributed by atoms with E-state index in [1.54, 1.807) is 0 Å². The van der Waals surface area contributed by atoms with Gasteiger partial charge in [-0.1, -0.05) is 23.2 Å². The fourth-order valence-electron chi connectivity index (χ4n) is 1.43. The molecule has 2 rings (SSSR count). The van der Waals surface area contributed by atoms with Crippen molar-refractivity contribution in [1.29, 1.82) is 0 Å². The molecule has 0 atom stereocenters. The van der Waals surface area contributed by atoms with Gasteiger partial charge in [0.25, 0.3) is 5.56 Å². The summed E-state index contributed by atoms with van der Waals surface area (Å²) in [5.41, 5.74) is -1.06. The first kappa shape index (κ1) is 12.7. The maximum Gasteiger partial charge on any atom is 0.349 e. The van der Waals surface area contributed by atoms with Crippen molar-refractivity contribution < 1.29 is 4.74 Å². The number of aromatic amines is 1. The zero-order valence-corrected chi connectivity index (χ0v) is 10.6. The molecule has 8 heteroatoms. The molecule has 1 heterocycles. The Balaban J connectivity index is 2.78. The van der Waals surface area contributed by atoms with Gasteiger partial charge in [-0.05, 0) is 12.1 Å². The van der Waals surface area contributed by atoms with E-state index >= 15 is 0 Å². The number of nitrogens with zero attached hydrogens (tertiary/aromatic N) is 2. The van der Waals surface area contributed by atoms with E-state index in [9.17, 15) is 9.59 Å². The van der Waals surface area contributed by atoms with Crippen molar-refractivity contribution in [3.63, 3.8) is 0 Å². The highest BCUT2D eigenvalue weighted by Crippen LogP contribution is 2.33. The Morgan fingerprint density at radius 2 is 2.06 bits per heavy atom. The Morgan fingerprint density at radius 1 is 1.33 bits per heavy atom. The lowest BCUT2D eigenvalue weighted by Gasteiger charge is -2.11. The second-order valence-corrected chi connectivity index (χ2v) is 4.13. The molecule has 0 saturated heterocycles. The second kappa shape index (κ2) is 4.83. The van der Waals surface area contributed by atoms with Crippen molar-refractivity contribution in [3.05, 3.63) is 49.2 Å². The number of benzene rings is 1. The Bertz CT molecular complexity index is 708. The van der Waals surface area contributed by atoms with Gasteiger partial charge in [-0.2, -0.15) is 9.78 Å². The molecule has 0 aliphatic rings. The third-order valence-corrected chi connectivity index (χ3v) is 2.63. The van der Waals surface area contributed by atoms with Gasteiger partial charge in [0.15, 0.2) is 5.75 Å². The third kappa shape index (κ3) is 2.25. The SMILES string of the molecule is COc1c(Cl)cc(Cl)cc1-n1ncc(=O)[nH]c1=O. The zero-order chi connectivity index (χ0) is 13.3. The normalized spacial score (nSPS) is 10.4. The van der Waals surface area contributed by atoms with Crippen molar-refractivity contribution in [2.45, 2.75) is 0 Å². The van der Waals surface area contributed by atoms with Crippen LogP contribution in [0.5, 0.6) is 5.75 Å². The fourth-order valence-corrected chi connectivity index (χ4v) is 1.99. The highest BCUT2D eigenvalue weighted by Gasteiger charge is 2.13. The van der Waals surface area contributed by atoms with E-state index in [1.165, 1.54) is 19.2 Å². The van der Waals surface area contributed by atoms with Gasteiger partial charge < -0.3 is 4.74 Å². The lowest BCUT2D eigenvalue weighted by Crippen LogP contribution is -2.30. The van der Waals surface area contributed by atoms with Crippen molar-refractivity contribution in [3.8, 4) is 11.4 Å². The van der Waals surface area contributed by atoms with Crippen molar-refractivity contribution in [1.82, 2.24) is 14.8 Å². The Hall–Kier alpha value is -1.79. The summed E-state index contributed by atoms with van der Waals surface area (Å²) in [6, 6.07) is 2.93. The van der Waals surface area contributed by atoms with E-state index in [-0.39, 0.29) is 16.5 Å². The highest BCUT2D eigenvalue weighted by atomic mass is 35.5. The van der Waals surface area contributed by atoms with Crippen molar-refractivity contribution in [2.24, 2.45) is 0 Å². The second-order valence-electron chi connectivity index (χ2n) is 3.29. The summed E-state index contributed by atoms with van der Waals surface area (Å²) in [4.78, 5) is 24.7. The zero-order valence-electron chi connectivity index (χ0n) is 9.11. The van der Waals surface area contributed by atoms with E-state index in [0.717, 1.165) is 10.9 Å². The summed E-state index contributed by atoms with van der Waals surface area (Å²) in [7, 11) is 1.40. The molecule has 0 amide bonds. The lowest BCUT2D eigenvalue weighted by atomic mass is 10.3. The molecule has 0 bridgehead atoms. The largest absolute Gasteiger partial charge is 0.493 e. The minimum atomic E-state index is -0.709. The van der Waals surface area contributed by atoms with E-state index in [4.69, 9.17) is 27.9 Å². The summed E-state index contributed by atoms with van der Waals surface area (Å²) >= 11 is 11.8. The predicted octanol–water partition coefficient (Wildman–Crippen LogP) is 1.24. The summed E-state index contributed by atoms with van der Waals surface area (Å²) in [6.45, 7) is 0. The maximum atomic E-state index is 11.6. The molecule has 6 nitrogen and oxygen atoms in total. The lowest BCUT2D eigenvalue weighted by molar-refractivity contribution is 0.411. The van der Waals surface area contributed by atoms with E-state index in [2.05, 4.69) is 10.1 Å². The van der Waals surface area contributed by atoms with Crippen molar-refractivity contribution >= 4 is 23.2 Å². The van der Waals surface area contributed by atoms with Gasteiger partial charge >= 0.3 is 5.69 Å². The molecular weight excluding hydrogens is 281 g/mol. The molecule has 0 radical (unpaired) electrons. The van der Waals surface area contributed by atoms with Gasteiger partial charge in [0.1, 0.15) is 11.9 Å². The molecule has 1 aromatic heterocycles. The first-order chi connectivity index (χ1) is 8.52. The molecular formula is C10H7Cl2N3O3. The average Bonchev–Trinajstić information content (AvgIpc) is 2.28. The van der Waals surface area contributed by atoms with Gasteiger partial charge in [0.05, 0.1) is 12.1 Å². The van der Waals surface area contributed by atoms with Gasteiger partial charge in [0.2, 0.25) is 0 Å². The van der Waals surface area contributed by atoms with Crippen LogP contribution in [0, 0.1) is 0 Å². The molecule has 18 heavy (non-hydrogen) atoms. The molecule has 0 aliphatic heterocycles. The van der Waals surface area contributed by atoms with Gasteiger partial charge in [-0.15, -0.1) is 0 Å². The maximum absolute atomic E-state index is 11.6. The predicted molar refractivity (Wildman–Crippen MR) is 67.0 cm³/mol. The molecule has 0 saturated carbocycles. The van der Waals surface area contributed by atoms with Crippen molar-refractivity contribution in [2.75, 3.05) is 7.11 Å². The van der Waals surface area contributed by atoms with Crippen LogP contribution in [-0.2, 0) is 0 Å². The standard InChI is InChI=1S/C10H7Cl2N3O3/c1-18-9-6(12)2-5(11)3-7(9)15-10(17)14-8(16)4-13-15/h2-4H,1H3,(H,14,16,17). The monoisotopic (exact) mass is 287 g/mol. The summed E-state index contributed by atoms with van der Waals surface area (Å²) in [6.07, 6.45) is 0.968. The quantitative estimate of drug-likeness (QED) is 0.901. The Labute approximate surface area is 111 Å². The third-order valence-electron chi connectivity index (χ3n) is 2.13. The number of aromatic nitrogens is 3. The molecule has 1 N–H and O–H groups in total. The van der Waals surface area contributed by atoms with Crippen LogP contribution in [-0.4, -0.2) is 21.9 Å². The number of nitrogens with one attached hydrogen (secondary N) is 1. The smallest absolute Gasteiger partial charge is 0.349 e. The number of H-pyrrole nitrogens is 1. The minimum Gasteiger partial charge on any atom is -0.493 e. The van der Waals surface area contributed by atoms with E-state index < -0.39 is 11.2 Å². The molecule has 94 valence electrons. The molecule has 0 spiro atoms. The topological polar surface area (TPSA) is 77.0 Å². The van der Waals surface area contributed by atoms with Crippen LogP contribution in [0.15, 0.2) is 27.9 Å². The van der Waals surface area contributed by atoms with Crippen LogP contribution >= 0.6 is 23.2 Å². The van der Waals surface area contributed by atoms with Crippen LogP contribution < -0.4 is 16.0 Å². The number of methoxy groups -OCH3 is 1. The van der Waals surface area contributed by atoms with Crippen LogP contribution in [0.4, 0.5) is 0 Å². The van der Waals surface area contributed by atoms with E-state index in [1.807, 2.05) is 0 Å². The van der Waals surface area contributed by atoms with Gasteiger partial charge in [-0.3, -0.25) is 9.78 Å². The van der Waals surface area contributed by atoms with Crippen LogP contribution in [0.1, 0.15) is 0 Å². The number of ether oxygens (including phenoxy) is 1. The Kier molecular flexibility index (Phi) is 3.40. The molecule has 0 aliphatic carbocycles. The number of hydrogen-bond donors (Lipinski definition) is 1. The van der Waals surface area contributed by atoms with Crippen LogP contribution in [0.25, 0.3) is 5.69 Å². The molecule has 2 aromatic rings. The van der Waals surface area contributed by atoms with Gasteiger partial charge in [-0.25, -0.2) is 4.79 Å². The summed E-state index contributed by atoms with van der Waals surface area (Å²) in [5.74, 6) is 0.239. The first-order valence-electron chi connectivity index (χ1n) is 4.75. The van der Waals surface area contributed by atoms with Crippen LogP contribution in [0.2, 0.25) is 10.0 Å². The summed E-state index contributed by atoms with van der Waals surface area (Å²) in [5, 5.41) is 4.25. The molecule has 0 fully saturated rings. The molecule has 1 aromatic carbocycles. The highest BCUT2D eigenvalue weighted by molar-refractivity contribution is 6.36. The average molecular weight is 288 g/mol. The molecule has 0 unspecified atom stereocenters. The Morgan fingerprint density at radius 3 is 2.67 bits per heavy atom.